The van der Waals surface area contributed by atoms with E-state index in [0.29, 0.717) is 0 Å². The second-order valence-corrected chi connectivity index (χ2v) is 8.34. The number of hydrogen-bond acceptors (Lipinski definition) is 6. The van der Waals surface area contributed by atoms with Crippen LogP contribution in [0.3, 0.4) is 0 Å². The molecule has 0 spiro atoms. The first-order valence-electron chi connectivity index (χ1n) is 10.6. The third kappa shape index (κ3) is 9.38. The van der Waals surface area contributed by atoms with Crippen molar-refractivity contribution in [3.63, 3.8) is 0 Å². The van der Waals surface area contributed by atoms with Gasteiger partial charge in [-0.1, -0.05) is 6.07 Å². The number of ether oxygens (including phenoxy) is 3. The van der Waals surface area contributed by atoms with Crippen LogP contribution < -0.4 is 25.4 Å². The van der Waals surface area contributed by atoms with Gasteiger partial charge in [0.1, 0.15) is 0 Å². The maximum Gasteiger partial charge on any atom is 0.191 e. The number of methoxy groups -OCH3 is 2. The molecular formula is C22H40IN5O3. The van der Waals surface area contributed by atoms with E-state index in [9.17, 15) is 0 Å². The zero-order valence-corrected chi connectivity index (χ0v) is 22.1. The Hall–Kier alpha value is -1.30. The topological polar surface area (TPSA) is 79.4 Å². The minimum Gasteiger partial charge on any atom is -0.493 e. The fraction of sp³-hybridized carbons (Fsp3) is 0.682. The van der Waals surface area contributed by atoms with E-state index in [1.54, 1.807) is 21.3 Å². The molecule has 0 aliphatic carbocycles. The molecule has 0 amide bonds. The van der Waals surface area contributed by atoms with Gasteiger partial charge in [0.25, 0.3) is 0 Å². The molecule has 0 aromatic heterocycles. The highest BCUT2D eigenvalue weighted by Crippen LogP contribution is 2.32. The maximum absolute atomic E-state index is 5.56. The van der Waals surface area contributed by atoms with Gasteiger partial charge in [-0.25, -0.2) is 0 Å². The number of nitrogens with one attached hydrogen (secondary N) is 3. The monoisotopic (exact) mass is 549 g/mol. The summed E-state index contributed by atoms with van der Waals surface area (Å²) in [7, 11) is 5.12. The quantitative estimate of drug-likeness (QED) is 0.189. The number of rotatable bonds is 9. The first-order chi connectivity index (χ1) is 14.4. The first kappa shape index (κ1) is 27.7. The molecule has 1 saturated heterocycles. The number of hydrogen-bond donors (Lipinski definition) is 3. The molecule has 178 valence electrons. The molecule has 0 bridgehead atoms. The van der Waals surface area contributed by atoms with Gasteiger partial charge < -0.3 is 30.2 Å². The highest BCUT2D eigenvalue weighted by atomic mass is 127. The van der Waals surface area contributed by atoms with Crippen LogP contribution in [0.25, 0.3) is 0 Å². The fourth-order valence-corrected chi connectivity index (χ4v) is 3.44. The Labute approximate surface area is 204 Å². The standard InChI is InChI=1S/C22H39N5O3.HI/c1-22(2,3)26-10-9-24-21(23-4)25-16-18(27-11-13-30-14-12-27)17-7-8-19(28-5)20(15-17)29-6;/h7-8,15,18,26H,9-14,16H2,1-6H3,(H2,23,24,25);1H. The molecule has 0 saturated carbocycles. The zero-order valence-electron chi connectivity index (χ0n) is 19.8. The number of aliphatic imine (C=N–C) groups is 1. The van der Waals surface area contributed by atoms with Crippen molar-refractivity contribution in [2.75, 3.05) is 67.2 Å². The highest BCUT2D eigenvalue weighted by molar-refractivity contribution is 14.0. The van der Waals surface area contributed by atoms with E-state index in [0.717, 1.165) is 63.4 Å². The van der Waals surface area contributed by atoms with E-state index >= 15 is 0 Å². The van der Waals surface area contributed by atoms with E-state index in [-0.39, 0.29) is 35.6 Å². The van der Waals surface area contributed by atoms with Crippen molar-refractivity contribution in [2.24, 2.45) is 4.99 Å². The Balaban J connectivity index is 0.00000480. The molecule has 1 aliphatic rings. The summed E-state index contributed by atoms with van der Waals surface area (Å²) in [5.74, 6) is 2.27. The second-order valence-electron chi connectivity index (χ2n) is 8.34. The number of morpholine rings is 1. The van der Waals surface area contributed by atoms with Crippen LogP contribution in [0.5, 0.6) is 11.5 Å². The van der Waals surface area contributed by atoms with Crippen molar-refractivity contribution in [1.82, 2.24) is 20.9 Å². The van der Waals surface area contributed by atoms with Crippen molar-refractivity contribution in [3.05, 3.63) is 23.8 Å². The van der Waals surface area contributed by atoms with Gasteiger partial charge in [-0.15, -0.1) is 24.0 Å². The summed E-state index contributed by atoms with van der Waals surface area (Å²) >= 11 is 0. The van der Waals surface area contributed by atoms with Gasteiger partial charge >= 0.3 is 0 Å². The molecule has 1 heterocycles. The van der Waals surface area contributed by atoms with Gasteiger partial charge in [0.05, 0.1) is 33.5 Å². The van der Waals surface area contributed by atoms with Gasteiger partial charge in [0, 0.05) is 45.3 Å². The van der Waals surface area contributed by atoms with Gasteiger partial charge in [-0.3, -0.25) is 9.89 Å². The lowest BCUT2D eigenvalue weighted by Crippen LogP contribution is -2.48. The van der Waals surface area contributed by atoms with Crippen molar-refractivity contribution >= 4 is 29.9 Å². The Morgan fingerprint density at radius 1 is 1.10 bits per heavy atom. The van der Waals surface area contributed by atoms with E-state index in [1.165, 1.54) is 5.56 Å². The summed E-state index contributed by atoms with van der Waals surface area (Å²) < 4.78 is 16.5. The summed E-state index contributed by atoms with van der Waals surface area (Å²) in [6.45, 7) is 12.2. The normalized spacial score (nSPS) is 16.3. The number of benzene rings is 1. The third-order valence-corrected chi connectivity index (χ3v) is 5.04. The number of halogens is 1. The van der Waals surface area contributed by atoms with Crippen molar-refractivity contribution in [2.45, 2.75) is 32.4 Å². The van der Waals surface area contributed by atoms with Crippen LogP contribution in [0.1, 0.15) is 32.4 Å². The van der Waals surface area contributed by atoms with Crippen molar-refractivity contribution in [1.29, 1.82) is 0 Å². The van der Waals surface area contributed by atoms with Crippen LogP contribution in [0.4, 0.5) is 0 Å². The van der Waals surface area contributed by atoms with Crippen LogP contribution in [-0.2, 0) is 4.74 Å². The minimum absolute atomic E-state index is 0. The Bertz CT molecular complexity index is 676. The van der Waals surface area contributed by atoms with Crippen LogP contribution in [0.2, 0.25) is 0 Å². The summed E-state index contributed by atoms with van der Waals surface area (Å²) in [6, 6.07) is 6.30. The van der Waals surface area contributed by atoms with Gasteiger partial charge in [0.2, 0.25) is 0 Å². The van der Waals surface area contributed by atoms with Crippen molar-refractivity contribution in [3.8, 4) is 11.5 Å². The molecule has 1 fully saturated rings. The van der Waals surface area contributed by atoms with Gasteiger partial charge in [-0.05, 0) is 38.5 Å². The average Bonchev–Trinajstić information content (AvgIpc) is 2.75. The van der Waals surface area contributed by atoms with E-state index in [4.69, 9.17) is 14.2 Å². The first-order valence-corrected chi connectivity index (χ1v) is 10.6. The molecule has 8 nitrogen and oxygen atoms in total. The minimum atomic E-state index is 0. The highest BCUT2D eigenvalue weighted by Gasteiger charge is 2.24. The smallest absolute Gasteiger partial charge is 0.191 e. The summed E-state index contributed by atoms with van der Waals surface area (Å²) in [6.07, 6.45) is 0. The molecule has 31 heavy (non-hydrogen) atoms. The van der Waals surface area contributed by atoms with E-state index < -0.39 is 0 Å². The van der Waals surface area contributed by atoms with Crippen LogP contribution in [0, 0.1) is 0 Å². The SMILES string of the molecule is CN=C(NCCNC(C)(C)C)NCC(c1ccc(OC)c(OC)c1)N1CCOCC1.I. The summed E-state index contributed by atoms with van der Waals surface area (Å²) in [5, 5.41) is 10.3. The van der Waals surface area contributed by atoms with Crippen LogP contribution in [0.15, 0.2) is 23.2 Å². The number of nitrogens with zero attached hydrogens (tertiary/aromatic N) is 2. The molecule has 1 unspecified atom stereocenters. The molecule has 1 aromatic carbocycles. The number of guanidine groups is 1. The molecule has 9 heteroatoms. The lowest BCUT2D eigenvalue weighted by molar-refractivity contribution is 0.0169. The molecule has 2 rings (SSSR count). The van der Waals surface area contributed by atoms with Crippen LogP contribution >= 0.6 is 24.0 Å². The molecule has 3 N–H and O–H groups in total. The molecule has 1 atom stereocenters. The van der Waals surface area contributed by atoms with E-state index in [1.807, 2.05) is 6.07 Å². The maximum atomic E-state index is 5.56. The molecule has 1 aliphatic heterocycles. The van der Waals surface area contributed by atoms with Crippen LogP contribution in [-0.4, -0.2) is 83.6 Å². The van der Waals surface area contributed by atoms with Gasteiger partial charge in [0.15, 0.2) is 17.5 Å². The van der Waals surface area contributed by atoms with Crippen molar-refractivity contribution < 1.29 is 14.2 Å². The predicted octanol–water partition coefficient (Wildman–Crippen LogP) is 2.25. The third-order valence-electron chi connectivity index (χ3n) is 5.04. The van der Waals surface area contributed by atoms with Gasteiger partial charge in [-0.2, -0.15) is 0 Å². The lowest BCUT2D eigenvalue weighted by Gasteiger charge is -2.35. The summed E-state index contributed by atoms with van der Waals surface area (Å²) in [4.78, 5) is 6.81. The van der Waals surface area contributed by atoms with E-state index in [2.05, 4.69) is 58.7 Å². The fourth-order valence-electron chi connectivity index (χ4n) is 3.44. The second kappa shape index (κ2) is 14.0. The largest absolute Gasteiger partial charge is 0.493 e. The Morgan fingerprint density at radius 2 is 1.77 bits per heavy atom. The lowest BCUT2D eigenvalue weighted by atomic mass is 10.0. The molecular weight excluding hydrogens is 509 g/mol. The molecule has 1 aromatic rings. The molecule has 0 radical (unpaired) electrons. The predicted molar refractivity (Wildman–Crippen MR) is 137 cm³/mol. The Kier molecular flexibility index (Phi) is 12.5. The Morgan fingerprint density at radius 3 is 2.35 bits per heavy atom. The zero-order chi connectivity index (χ0) is 22.0. The average molecular weight is 549 g/mol. The summed E-state index contributed by atoms with van der Waals surface area (Å²) in [5.41, 5.74) is 1.28.